The zero-order chi connectivity index (χ0) is 13.6. The summed E-state index contributed by atoms with van der Waals surface area (Å²) >= 11 is 3.35. The fourth-order valence-corrected chi connectivity index (χ4v) is 2.13. The van der Waals surface area contributed by atoms with E-state index in [-0.39, 0.29) is 0 Å². The molecule has 0 bridgehead atoms. The highest BCUT2D eigenvalue weighted by Gasteiger charge is 2.13. The topological polar surface area (TPSA) is 74.0 Å². The SMILES string of the molecule is CC(C)c1cc2c(-n3cc(Br)c(N)n3)nccn2n1. The van der Waals surface area contributed by atoms with Crippen molar-refractivity contribution in [2.24, 2.45) is 0 Å². The van der Waals surface area contributed by atoms with Gasteiger partial charge in [0, 0.05) is 18.6 Å². The molecule has 19 heavy (non-hydrogen) atoms. The van der Waals surface area contributed by atoms with Crippen molar-refractivity contribution in [1.82, 2.24) is 24.4 Å². The van der Waals surface area contributed by atoms with E-state index in [4.69, 9.17) is 5.73 Å². The fraction of sp³-hybridized carbons (Fsp3) is 0.250. The molecule has 0 aliphatic carbocycles. The van der Waals surface area contributed by atoms with E-state index in [1.165, 1.54) is 0 Å². The summed E-state index contributed by atoms with van der Waals surface area (Å²) in [6, 6.07) is 2.03. The van der Waals surface area contributed by atoms with Gasteiger partial charge >= 0.3 is 0 Å². The predicted molar refractivity (Wildman–Crippen MR) is 76.3 cm³/mol. The Labute approximate surface area is 118 Å². The van der Waals surface area contributed by atoms with Crippen molar-refractivity contribution in [3.05, 3.63) is 34.8 Å². The second kappa shape index (κ2) is 4.34. The van der Waals surface area contributed by atoms with Crippen LogP contribution in [-0.4, -0.2) is 24.4 Å². The number of aromatic nitrogens is 5. The van der Waals surface area contributed by atoms with E-state index in [9.17, 15) is 0 Å². The summed E-state index contributed by atoms with van der Waals surface area (Å²) in [6.45, 7) is 4.22. The Morgan fingerprint density at radius 2 is 2.11 bits per heavy atom. The van der Waals surface area contributed by atoms with Crippen LogP contribution in [0.2, 0.25) is 0 Å². The van der Waals surface area contributed by atoms with Crippen LogP contribution >= 0.6 is 15.9 Å². The molecule has 6 nitrogen and oxygen atoms in total. The maximum absolute atomic E-state index is 5.75. The van der Waals surface area contributed by atoms with Gasteiger partial charge in [0.2, 0.25) is 0 Å². The Kier molecular flexibility index (Phi) is 2.78. The molecule has 0 radical (unpaired) electrons. The number of fused-ring (bicyclic) bond motifs is 1. The number of halogens is 1. The number of nitrogen functional groups attached to an aromatic ring is 1. The molecule has 3 aromatic heterocycles. The summed E-state index contributed by atoms with van der Waals surface area (Å²) in [5.41, 5.74) is 7.67. The summed E-state index contributed by atoms with van der Waals surface area (Å²) < 4.78 is 4.21. The van der Waals surface area contributed by atoms with Gasteiger partial charge in [-0.3, -0.25) is 0 Å². The van der Waals surface area contributed by atoms with Gasteiger partial charge in [0.05, 0.1) is 10.2 Å². The number of rotatable bonds is 2. The molecule has 2 N–H and O–H groups in total. The molecule has 3 aromatic rings. The quantitative estimate of drug-likeness (QED) is 0.786. The standard InChI is InChI=1S/C12H13BrN6/c1-7(2)9-5-10-12(15-3-4-18(10)16-9)19-6-8(13)11(14)17-19/h3-7H,1-2H3,(H2,14,17). The third-order valence-electron chi connectivity index (χ3n) is 2.89. The highest BCUT2D eigenvalue weighted by Crippen LogP contribution is 2.22. The number of hydrogen-bond acceptors (Lipinski definition) is 4. The van der Waals surface area contributed by atoms with E-state index < -0.39 is 0 Å². The van der Waals surface area contributed by atoms with Gasteiger partial charge in [0.1, 0.15) is 5.52 Å². The maximum atomic E-state index is 5.75. The molecule has 0 unspecified atom stereocenters. The van der Waals surface area contributed by atoms with E-state index in [0.29, 0.717) is 17.6 Å². The first-order valence-corrected chi connectivity index (χ1v) is 6.71. The molecular formula is C12H13BrN6. The largest absolute Gasteiger partial charge is 0.381 e. The number of anilines is 1. The lowest BCUT2D eigenvalue weighted by molar-refractivity contribution is 0.781. The first-order chi connectivity index (χ1) is 9.06. The maximum Gasteiger partial charge on any atom is 0.179 e. The normalized spacial score (nSPS) is 11.6. The minimum atomic E-state index is 0.363. The molecule has 0 fully saturated rings. The van der Waals surface area contributed by atoms with Crippen LogP contribution in [0.1, 0.15) is 25.5 Å². The third-order valence-corrected chi connectivity index (χ3v) is 3.50. The summed E-state index contributed by atoms with van der Waals surface area (Å²) in [5.74, 6) is 1.51. The van der Waals surface area contributed by atoms with Crippen molar-refractivity contribution in [2.45, 2.75) is 19.8 Å². The molecule has 3 rings (SSSR count). The van der Waals surface area contributed by atoms with Gasteiger partial charge in [-0.15, -0.1) is 5.10 Å². The zero-order valence-electron chi connectivity index (χ0n) is 10.6. The predicted octanol–water partition coefficient (Wildman–Crippen LogP) is 2.38. The first kappa shape index (κ1) is 12.2. The van der Waals surface area contributed by atoms with Gasteiger partial charge < -0.3 is 5.73 Å². The highest BCUT2D eigenvalue weighted by molar-refractivity contribution is 9.10. The van der Waals surface area contributed by atoms with Crippen LogP contribution in [0.15, 0.2) is 29.1 Å². The van der Waals surface area contributed by atoms with E-state index in [1.54, 1.807) is 17.1 Å². The Hall–Kier alpha value is -1.89. The van der Waals surface area contributed by atoms with Crippen LogP contribution in [0.25, 0.3) is 11.3 Å². The summed E-state index contributed by atoms with van der Waals surface area (Å²) in [4.78, 5) is 4.37. The minimum absolute atomic E-state index is 0.363. The van der Waals surface area contributed by atoms with Crippen LogP contribution in [0.3, 0.4) is 0 Å². The molecular weight excluding hydrogens is 308 g/mol. The molecule has 3 heterocycles. The third kappa shape index (κ3) is 1.99. The Morgan fingerprint density at radius 3 is 2.74 bits per heavy atom. The van der Waals surface area contributed by atoms with Gasteiger partial charge in [0.15, 0.2) is 11.6 Å². The van der Waals surface area contributed by atoms with Crippen LogP contribution in [0, 0.1) is 0 Å². The molecule has 0 amide bonds. The molecule has 0 aromatic carbocycles. The van der Waals surface area contributed by atoms with E-state index in [2.05, 4.69) is 45.0 Å². The van der Waals surface area contributed by atoms with E-state index in [0.717, 1.165) is 15.7 Å². The monoisotopic (exact) mass is 320 g/mol. The Morgan fingerprint density at radius 1 is 1.32 bits per heavy atom. The average molecular weight is 321 g/mol. The lowest BCUT2D eigenvalue weighted by Gasteiger charge is -2.01. The van der Waals surface area contributed by atoms with Crippen molar-refractivity contribution < 1.29 is 0 Å². The summed E-state index contributed by atoms with van der Waals surface area (Å²) in [6.07, 6.45) is 5.32. The number of nitrogens with two attached hydrogens (primary N) is 1. The summed E-state index contributed by atoms with van der Waals surface area (Å²) in [5, 5.41) is 8.75. The second-order valence-electron chi connectivity index (χ2n) is 4.61. The zero-order valence-corrected chi connectivity index (χ0v) is 12.2. The van der Waals surface area contributed by atoms with Crippen LogP contribution in [-0.2, 0) is 0 Å². The lowest BCUT2D eigenvalue weighted by atomic mass is 10.1. The highest BCUT2D eigenvalue weighted by atomic mass is 79.9. The molecule has 7 heteroatoms. The Bertz CT molecular complexity index is 722. The second-order valence-corrected chi connectivity index (χ2v) is 5.47. The van der Waals surface area contributed by atoms with Gasteiger partial charge in [-0.2, -0.15) is 5.10 Å². The van der Waals surface area contributed by atoms with Crippen LogP contribution in [0.4, 0.5) is 5.82 Å². The van der Waals surface area contributed by atoms with Crippen molar-refractivity contribution in [3.63, 3.8) is 0 Å². The van der Waals surface area contributed by atoms with E-state index in [1.807, 2.05) is 16.8 Å². The summed E-state index contributed by atoms with van der Waals surface area (Å²) in [7, 11) is 0. The molecule has 98 valence electrons. The fourth-order valence-electron chi connectivity index (χ4n) is 1.86. The molecule has 0 spiro atoms. The molecule has 0 aliphatic rings. The van der Waals surface area contributed by atoms with Gasteiger partial charge in [0.25, 0.3) is 0 Å². The van der Waals surface area contributed by atoms with Crippen LogP contribution in [0.5, 0.6) is 0 Å². The Balaban J connectivity index is 2.23. The van der Waals surface area contributed by atoms with Crippen molar-refractivity contribution >= 4 is 27.3 Å². The van der Waals surface area contributed by atoms with Crippen molar-refractivity contribution in [3.8, 4) is 5.82 Å². The average Bonchev–Trinajstić information content (AvgIpc) is 2.93. The van der Waals surface area contributed by atoms with E-state index >= 15 is 0 Å². The minimum Gasteiger partial charge on any atom is -0.381 e. The van der Waals surface area contributed by atoms with Crippen molar-refractivity contribution in [2.75, 3.05) is 5.73 Å². The van der Waals surface area contributed by atoms with Gasteiger partial charge in [-0.25, -0.2) is 14.2 Å². The lowest BCUT2D eigenvalue weighted by Crippen LogP contribution is -2.02. The smallest absolute Gasteiger partial charge is 0.179 e. The number of hydrogen-bond donors (Lipinski definition) is 1. The van der Waals surface area contributed by atoms with Gasteiger partial charge in [-0.1, -0.05) is 13.8 Å². The molecule has 0 aliphatic heterocycles. The number of nitrogens with zero attached hydrogens (tertiary/aromatic N) is 5. The van der Waals surface area contributed by atoms with Gasteiger partial charge in [-0.05, 0) is 27.9 Å². The molecule has 0 saturated carbocycles. The molecule has 0 atom stereocenters. The first-order valence-electron chi connectivity index (χ1n) is 5.91. The molecule has 0 saturated heterocycles. The van der Waals surface area contributed by atoms with Crippen LogP contribution < -0.4 is 5.73 Å². The van der Waals surface area contributed by atoms with Crippen molar-refractivity contribution in [1.29, 1.82) is 0 Å².